The second-order valence-electron chi connectivity index (χ2n) is 7.51. The molecular weight excluding hydrogens is 439 g/mol. The Labute approximate surface area is 194 Å². The van der Waals surface area contributed by atoms with Crippen LogP contribution in [0.5, 0.6) is 11.5 Å². The summed E-state index contributed by atoms with van der Waals surface area (Å²) in [5.74, 6) is -0.258. The van der Waals surface area contributed by atoms with Crippen molar-refractivity contribution in [2.24, 2.45) is 0 Å². The fourth-order valence-corrected chi connectivity index (χ4v) is 4.10. The molecule has 4 nitrogen and oxygen atoms in total. The van der Waals surface area contributed by atoms with Crippen molar-refractivity contribution in [1.29, 1.82) is 0 Å². The summed E-state index contributed by atoms with van der Waals surface area (Å²) in [6.45, 7) is 0. The van der Waals surface area contributed by atoms with Crippen molar-refractivity contribution in [3.05, 3.63) is 108 Å². The molecule has 0 saturated carbocycles. The van der Waals surface area contributed by atoms with Crippen LogP contribution in [0, 0.1) is 5.82 Å². The summed E-state index contributed by atoms with van der Waals surface area (Å²) >= 11 is 6.45. The fourth-order valence-electron chi connectivity index (χ4n) is 3.86. The molecule has 4 aromatic carbocycles. The maximum atomic E-state index is 15.1. The van der Waals surface area contributed by atoms with Crippen molar-refractivity contribution in [1.82, 2.24) is 9.78 Å². The summed E-state index contributed by atoms with van der Waals surface area (Å²) in [5, 5.41) is 24.7. The van der Waals surface area contributed by atoms with Gasteiger partial charge in [-0.2, -0.15) is 5.10 Å². The number of rotatable bonds is 4. The molecule has 0 bridgehead atoms. The molecule has 5 rings (SSSR count). The quantitative estimate of drug-likeness (QED) is 0.304. The molecule has 1 aromatic heterocycles. The van der Waals surface area contributed by atoms with E-state index in [0.717, 1.165) is 22.3 Å². The maximum Gasteiger partial charge on any atom is 0.150 e. The minimum atomic E-state index is -0.512. The highest BCUT2D eigenvalue weighted by Gasteiger charge is 2.25. The molecule has 0 atom stereocenters. The molecule has 0 unspecified atom stereocenters. The van der Waals surface area contributed by atoms with Gasteiger partial charge in [0.25, 0.3) is 0 Å². The minimum absolute atomic E-state index is 0.119. The van der Waals surface area contributed by atoms with Crippen LogP contribution in [-0.2, 0) is 0 Å². The summed E-state index contributed by atoms with van der Waals surface area (Å²) < 4.78 is 16.6. The normalized spacial score (nSPS) is 11.0. The Morgan fingerprint density at radius 3 is 1.88 bits per heavy atom. The Morgan fingerprint density at radius 2 is 1.27 bits per heavy atom. The van der Waals surface area contributed by atoms with E-state index in [0.29, 0.717) is 11.4 Å². The number of halogens is 2. The van der Waals surface area contributed by atoms with Gasteiger partial charge in [0.1, 0.15) is 28.7 Å². The van der Waals surface area contributed by atoms with E-state index in [1.165, 1.54) is 10.7 Å². The van der Waals surface area contributed by atoms with Crippen LogP contribution in [0.2, 0.25) is 5.02 Å². The van der Waals surface area contributed by atoms with Gasteiger partial charge in [-0.3, -0.25) is 0 Å². The predicted molar refractivity (Wildman–Crippen MR) is 128 cm³/mol. The number of hydrogen-bond donors (Lipinski definition) is 2. The lowest BCUT2D eigenvalue weighted by atomic mass is 9.95. The number of phenolic OH excluding ortho intramolecular Hbond substituents is 2. The molecule has 0 fully saturated rings. The van der Waals surface area contributed by atoms with Crippen LogP contribution in [0.15, 0.2) is 97.1 Å². The molecule has 0 radical (unpaired) electrons. The third-order valence-electron chi connectivity index (χ3n) is 5.38. The van der Waals surface area contributed by atoms with Crippen LogP contribution in [0.1, 0.15) is 0 Å². The molecule has 6 heteroatoms. The zero-order valence-electron chi connectivity index (χ0n) is 17.3. The molecule has 1 heterocycles. The molecule has 0 aliphatic carbocycles. The van der Waals surface area contributed by atoms with Crippen molar-refractivity contribution in [3.8, 4) is 50.8 Å². The molecule has 0 amide bonds. The molecule has 0 aliphatic heterocycles. The highest BCUT2D eigenvalue weighted by molar-refractivity contribution is 6.32. The lowest BCUT2D eigenvalue weighted by molar-refractivity contribution is 0.475. The Bertz CT molecular complexity index is 1410. The standard InChI is InChI=1S/C27H18ClFN2O2/c28-22-7-4-8-23(29)27(22)31-26(19-11-15-21(33)16-12-19)24(17-5-2-1-3-6-17)25(30-31)18-9-13-20(32)14-10-18/h1-16,32-33H. The van der Waals surface area contributed by atoms with Crippen LogP contribution in [-0.4, -0.2) is 20.0 Å². The van der Waals surface area contributed by atoms with Crippen molar-refractivity contribution < 1.29 is 14.6 Å². The molecule has 0 aliphatic rings. The van der Waals surface area contributed by atoms with Crippen molar-refractivity contribution in [2.45, 2.75) is 0 Å². The SMILES string of the molecule is Oc1ccc(-c2nn(-c3c(F)cccc3Cl)c(-c3ccc(O)cc3)c2-c2ccccc2)cc1. The van der Waals surface area contributed by atoms with E-state index in [-0.39, 0.29) is 22.2 Å². The van der Waals surface area contributed by atoms with E-state index in [1.54, 1.807) is 60.7 Å². The zero-order valence-corrected chi connectivity index (χ0v) is 18.0. The van der Waals surface area contributed by atoms with Crippen molar-refractivity contribution >= 4 is 11.6 Å². The Balaban J connectivity index is 1.92. The van der Waals surface area contributed by atoms with Crippen molar-refractivity contribution in [3.63, 3.8) is 0 Å². The van der Waals surface area contributed by atoms with Gasteiger partial charge in [0, 0.05) is 16.7 Å². The van der Waals surface area contributed by atoms with E-state index in [9.17, 15) is 10.2 Å². The van der Waals surface area contributed by atoms with Gasteiger partial charge in [0.15, 0.2) is 0 Å². The first kappa shape index (κ1) is 20.8. The van der Waals surface area contributed by atoms with Crippen LogP contribution >= 0.6 is 11.6 Å². The summed E-state index contributed by atoms with van der Waals surface area (Å²) in [4.78, 5) is 0. The van der Waals surface area contributed by atoms with E-state index in [2.05, 4.69) is 0 Å². The fraction of sp³-hybridized carbons (Fsp3) is 0. The van der Waals surface area contributed by atoms with Gasteiger partial charge in [-0.05, 0) is 66.2 Å². The molecular formula is C27H18ClFN2O2. The average molecular weight is 457 g/mol. The second-order valence-corrected chi connectivity index (χ2v) is 7.92. The molecule has 2 N–H and O–H groups in total. The Hall–Kier alpha value is -4.09. The van der Waals surface area contributed by atoms with Gasteiger partial charge >= 0.3 is 0 Å². The largest absolute Gasteiger partial charge is 0.508 e. The summed E-state index contributed by atoms with van der Waals surface area (Å²) in [6.07, 6.45) is 0. The molecule has 0 spiro atoms. The Kier molecular flexibility index (Phi) is 5.32. The van der Waals surface area contributed by atoms with E-state index in [1.807, 2.05) is 30.3 Å². The number of benzene rings is 4. The number of hydrogen-bond acceptors (Lipinski definition) is 3. The number of para-hydroxylation sites is 1. The molecule has 0 saturated heterocycles. The van der Waals surface area contributed by atoms with Gasteiger partial charge in [-0.25, -0.2) is 9.07 Å². The van der Waals surface area contributed by atoms with Gasteiger partial charge in [-0.1, -0.05) is 48.0 Å². The topological polar surface area (TPSA) is 58.3 Å². The predicted octanol–water partition coefficient (Wildman–Crippen LogP) is 7.08. The van der Waals surface area contributed by atoms with Crippen LogP contribution in [0.3, 0.4) is 0 Å². The summed E-state index contributed by atoms with van der Waals surface area (Å²) in [5.41, 5.74) is 4.47. The van der Waals surface area contributed by atoms with E-state index >= 15 is 4.39 Å². The average Bonchev–Trinajstić information content (AvgIpc) is 3.20. The zero-order chi connectivity index (χ0) is 22.9. The number of nitrogens with zero attached hydrogens (tertiary/aromatic N) is 2. The second kappa shape index (κ2) is 8.45. The smallest absolute Gasteiger partial charge is 0.150 e. The molecule has 5 aromatic rings. The molecule has 33 heavy (non-hydrogen) atoms. The van der Waals surface area contributed by atoms with Crippen molar-refractivity contribution in [2.75, 3.05) is 0 Å². The van der Waals surface area contributed by atoms with E-state index in [4.69, 9.17) is 16.7 Å². The number of aromatic nitrogens is 2. The van der Waals surface area contributed by atoms with E-state index < -0.39 is 5.82 Å². The first-order valence-corrected chi connectivity index (χ1v) is 10.6. The first-order chi connectivity index (χ1) is 16.0. The minimum Gasteiger partial charge on any atom is -0.508 e. The third kappa shape index (κ3) is 3.83. The third-order valence-corrected chi connectivity index (χ3v) is 5.68. The highest BCUT2D eigenvalue weighted by Crippen LogP contribution is 2.43. The maximum absolute atomic E-state index is 15.1. The summed E-state index contributed by atoms with van der Waals surface area (Å²) in [6, 6.07) is 27.5. The lowest BCUT2D eigenvalue weighted by Gasteiger charge is -2.13. The highest BCUT2D eigenvalue weighted by atomic mass is 35.5. The first-order valence-electron chi connectivity index (χ1n) is 10.2. The van der Waals surface area contributed by atoms with Gasteiger partial charge < -0.3 is 10.2 Å². The lowest BCUT2D eigenvalue weighted by Crippen LogP contribution is -2.03. The van der Waals surface area contributed by atoms with Crippen LogP contribution in [0.4, 0.5) is 4.39 Å². The summed E-state index contributed by atoms with van der Waals surface area (Å²) in [7, 11) is 0. The van der Waals surface area contributed by atoms with Gasteiger partial charge in [0.2, 0.25) is 0 Å². The number of aromatic hydroxyl groups is 2. The number of phenols is 2. The van der Waals surface area contributed by atoms with Gasteiger partial charge in [-0.15, -0.1) is 0 Å². The van der Waals surface area contributed by atoms with Crippen LogP contribution in [0.25, 0.3) is 39.3 Å². The Morgan fingerprint density at radius 1 is 0.667 bits per heavy atom. The van der Waals surface area contributed by atoms with Crippen LogP contribution < -0.4 is 0 Å². The van der Waals surface area contributed by atoms with Gasteiger partial charge in [0.05, 0.1) is 10.7 Å². The monoisotopic (exact) mass is 456 g/mol. The molecule has 162 valence electrons.